The zero-order valence-corrected chi connectivity index (χ0v) is 12.9. The van der Waals surface area contributed by atoms with Gasteiger partial charge in [-0.1, -0.05) is 17.7 Å². The summed E-state index contributed by atoms with van der Waals surface area (Å²) in [5.41, 5.74) is 1.35. The number of hydrogen-bond donors (Lipinski definition) is 1. The van der Waals surface area contributed by atoms with Crippen LogP contribution in [0.5, 0.6) is 11.5 Å². The summed E-state index contributed by atoms with van der Waals surface area (Å²) in [5, 5.41) is 3.47. The third-order valence-electron chi connectivity index (χ3n) is 3.27. The minimum absolute atomic E-state index is 0.328. The average molecular weight is 310 g/mol. The molecule has 0 aliphatic carbocycles. The Kier molecular flexibility index (Phi) is 5.04. The van der Waals surface area contributed by atoms with Crippen molar-refractivity contribution in [1.29, 1.82) is 0 Å². The van der Waals surface area contributed by atoms with Gasteiger partial charge in [-0.25, -0.2) is 4.39 Å². The van der Waals surface area contributed by atoms with Crippen molar-refractivity contribution in [3.63, 3.8) is 0 Å². The minimum Gasteiger partial charge on any atom is -0.497 e. The molecular weight excluding hydrogens is 293 g/mol. The predicted molar refractivity (Wildman–Crippen MR) is 81.9 cm³/mol. The summed E-state index contributed by atoms with van der Waals surface area (Å²) in [6, 6.07) is 9.78. The highest BCUT2D eigenvalue weighted by atomic mass is 35.5. The molecule has 2 aromatic rings. The molecule has 1 N–H and O–H groups in total. The van der Waals surface area contributed by atoms with E-state index in [1.54, 1.807) is 39.5 Å². The summed E-state index contributed by atoms with van der Waals surface area (Å²) in [7, 11) is 4.93. The van der Waals surface area contributed by atoms with Crippen molar-refractivity contribution < 1.29 is 13.9 Å². The smallest absolute Gasteiger partial charge is 0.129 e. The number of ether oxygens (including phenoxy) is 2. The van der Waals surface area contributed by atoms with Crippen LogP contribution in [0.15, 0.2) is 36.4 Å². The van der Waals surface area contributed by atoms with Gasteiger partial charge in [0, 0.05) is 16.7 Å². The number of rotatable bonds is 5. The van der Waals surface area contributed by atoms with Crippen molar-refractivity contribution in [2.45, 2.75) is 6.04 Å². The van der Waals surface area contributed by atoms with E-state index < -0.39 is 0 Å². The Bertz CT molecular complexity index is 611. The van der Waals surface area contributed by atoms with Gasteiger partial charge in [-0.3, -0.25) is 0 Å². The molecule has 1 atom stereocenters. The van der Waals surface area contributed by atoms with Crippen LogP contribution >= 0.6 is 11.6 Å². The van der Waals surface area contributed by atoms with Gasteiger partial charge in [0.1, 0.15) is 17.3 Å². The summed E-state index contributed by atoms with van der Waals surface area (Å²) < 4.78 is 24.7. The molecule has 0 fully saturated rings. The van der Waals surface area contributed by atoms with Gasteiger partial charge >= 0.3 is 0 Å². The second-order valence-electron chi connectivity index (χ2n) is 4.53. The topological polar surface area (TPSA) is 30.5 Å². The Hall–Kier alpha value is -1.78. The summed E-state index contributed by atoms with van der Waals surface area (Å²) >= 11 is 5.81. The molecule has 0 spiro atoms. The van der Waals surface area contributed by atoms with Gasteiger partial charge in [0.25, 0.3) is 0 Å². The fourth-order valence-corrected chi connectivity index (χ4v) is 2.39. The van der Waals surface area contributed by atoms with Crippen molar-refractivity contribution in [2.75, 3.05) is 21.3 Å². The highest BCUT2D eigenvalue weighted by Crippen LogP contribution is 2.31. The zero-order chi connectivity index (χ0) is 15.4. The molecule has 2 rings (SSSR count). The Morgan fingerprint density at radius 1 is 1.05 bits per heavy atom. The molecular formula is C16H17ClFNO2. The average Bonchev–Trinajstić information content (AvgIpc) is 2.49. The van der Waals surface area contributed by atoms with Crippen LogP contribution in [0.4, 0.5) is 4.39 Å². The van der Waals surface area contributed by atoms with Gasteiger partial charge in [-0.15, -0.1) is 0 Å². The molecule has 0 aromatic heterocycles. The molecule has 1 unspecified atom stereocenters. The Morgan fingerprint density at radius 2 is 1.67 bits per heavy atom. The van der Waals surface area contributed by atoms with E-state index in [9.17, 15) is 4.39 Å². The lowest BCUT2D eigenvalue weighted by atomic mass is 9.98. The maximum atomic E-state index is 14.2. The van der Waals surface area contributed by atoms with Crippen molar-refractivity contribution in [3.05, 3.63) is 58.4 Å². The maximum Gasteiger partial charge on any atom is 0.129 e. The Labute approximate surface area is 128 Å². The van der Waals surface area contributed by atoms with Crippen LogP contribution in [0.3, 0.4) is 0 Å². The maximum absolute atomic E-state index is 14.2. The second kappa shape index (κ2) is 6.78. The van der Waals surface area contributed by atoms with E-state index in [2.05, 4.69) is 5.32 Å². The zero-order valence-electron chi connectivity index (χ0n) is 12.1. The largest absolute Gasteiger partial charge is 0.497 e. The summed E-state index contributed by atoms with van der Waals surface area (Å²) in [5.74, 6) is 0.946. The van der Waals surface area contributed by atoms with E-state index in [-0.39, 0.29) is 11.9 Å². The molecule has 3 nitrogen and oxygen atoms in total. The third kappa shape index (κ3) is 3.46. The molecule has 0 saturated heterocycles. The molecule has 2 aromatic carbocycles. The van der Waals surface area contributed by atoms with Gasteiger partial charge in [-0.2, -0.15) is 0 Å². The van der Waals surface area contributed by atoms with E-state index in [1.807, 2.05) is 12.1 Å². The van der Waals surface area contributed by atoms with E-state index in [0.29, 0.717) is 22.1 Å². The molecule has 0 aliphatic heterocycles. The van der Waals surface area contributed by atoms with Crippen LogP contribution in [-0.4, -0.2) is 21.3 Å². The molecule has 0 heterocycles. The SMILES string of the molecule is CNC(c1cc(OC)cc(OC)c1)c1ccc(Cl)cc1F. The summed E-state index contributed by atoms with van der Waals surface area (Å²) in [4.78, 5) is 0. The molecule has 0 amide bonds. The van der Waals surface area contributed by atoms with Gasteiger partial charge in [0.15, 0.2) is 0 Å². The lowest BCUT2D eigenvalue weighted by Gasteiger charge is -2.19. The Morgan fingerprint density at radius 3 is 2.14 bits per heavy atom. The van der Waals surface area contributed by atoms with E-state index in [4.69, 9.17) is 21.1 Å². The van der Waals surface area contributed by atoms with Gasteiger partial charge in [-0.05, 0) is 36.9 Å². The van der Waals surface area contributed by atoms with Crippen molar-refractivity contribution in [1.82, 2.24) is 5.32 Å². The fraction of sp³-hybridized carbons (Fsp3) is 0.250. The molecule has 0 bridgehead atoms. The first-order chi connectivity index (χ1) is 10.1. The molecule has 21 heavy (non-hydrogen) atoms. The monoisotopic (exact) mass is 309 g/mol. The lowest BCUT2D eigenvalue weighted by molar-refractivity contribution is 0.392. The van der Waals surface area contributed by atoms with Crippen LogP contribution in [0.1, 0.15) is 17.2 Å². The molecule has 112 valence electrons. The number of hydrogen-bond acceptors (Lipinski definition) is 3. The number of nitrogens with one attached hydrogen (secondary N) is 1. The second-order valence-corrected chi connectivity index (χ2v) is 4.97. The third-order valence-corrected chi connectivity index (χ3v) is 3.50. The van der Waals surface area contributed by atoms with Crippen molar-refractivity contribution in [2.24, 2.45) is 0 Å². The normalized spacial score (nSPS) is 12.0. The van der Waals surface area contributed by atoms with E-state index >= 15 is 0 Å². The van der Waals surface area contributed by atoms with Crippen LogP contribution in [0.2, 0.25) is 5.02 Å². The molecule has 5 heteroatoms. The minimum atomic E-state index is -0.358. The first-order valence-corrected chi connectivity index (χ1v) is 6.82. The molecule has 0 radical (unpaired) electrons. The standard InChI is InChI=1S/C16H17ClFNO2/c1-19-16(14-5-4-11(17)8-15(14)18)10-6-12(20-2)9-13(7-10)21-3/h4-9,16,19H,1-3H3. The molecule has 0 saturated carbocycles. The lowest BCUT2D eigenvalue weighted by Crippen LogP contribution is -2.19. The van der Waals surface area contributed by atoms with Gasteiger partial charge in [0.2, 0.25) is 0 Å². The first kappa shape index (κ1) is 15.6. The van der Waals surface area contributed by atoms with Gasteiger partial charge in [0.05, 0.1) is 20.3 Å². The first-order valence-electron chi connectivity index (χ1n) is 6.44. The van der Waals surface area contributed by atoms with Crippen LogP contribution in [-0.2, 0) is 0 Å². The van der Waals surface area contributed by atoms with Gasteiger partial charge < -0.3 is 14.8 Å². The highest BCUT2D eigenvalue weighted by molar-refractivity contribution is 6.30. The van der Waals surface area contributed by atoms with E-state index in [0.717, 1.165) is 5.56 Å². The quantitative estimate of drug-likeness (QED) is 0.911. The van der Waals surface area contributed by atoms with Crippen molar-refractivity contribution >= 4 is 11.6 Å². The Balaban J connectivity index is 2.50. The summed E-state index contributed by atoms with van der Waals surface area (Å²) in [6.07, 6.45) is 0. The highest BCUT2D eigenvalue weighted by Gasteiger charge is 2.18. The number of halogens is 2. The van der Waals surface area contributed by atoms with E-state index in [1.165, 1.54) is 6.07 Å². The number of benzene rings is 2. The van der Waals surface area contributed by atoms with Crippen LogP contribution < -0.4 is 14.8 Å². The predicted octanol–water partition coefficient (Wildman–Crippen LogP) is 3.81. The van der Waals surface area contributed by atoms with Crippen LogP contribution in [0.25, 0.3) is 0 Å². The van der Waals surface area contributed by atoms with Crippen molar-refractivity contribution in [3.8, 4) is 11.5 Å². The van der Waals surface area contributed by atoms with Crippen LogP contribution in [0, 0.1) is 5.82 Å². The number of methoxy groups -OCH3 is 2. The fourth-order valence-electron chi connectivity index (χ4n) is 2.23. The summed E-state index contributed by atoms with van der Waals surface area (Å²) in [6.45, 7) is 0. The molecule has 0 aliphatic rings.